The van der Waals surface area contributed by atoms with Crippen LogP contribution in [0.25, 0.3) is 0 Å². The van der Waals surface area contributed by atoms with Crippen molar-refractivity contribution in [2.24, 2.45) is 11.8 Å². The Morgan fingerprint density at radius 1 is 1.19 bits per heavy atom. The van der Waals surface area contributed by atoms with Gasteiger partial charge in [0.05, 0.1) is 0 Å². The van der Waals surface area contributed by atoms with E-state index in [0.29, 0.717) is 24.2 Å². The second-order valence-corrected chi connectivity index (χ2v) is 8.26. The van der Waals surface area contributed by atoms with E-state index in [1.807, 2.05) is 12.3 Å². The maximum atomic E-state index is 12.4. The van der Waals surface area contributed by atoms with Crippen molar-refractivity contribution in [1.82, 2.24) is 14.8 Å². The first kappa shape index (κ1) is 19.2. The fraction of sp³-hybridized carbons (Fsp3) is 0.714. The van der Waals surface area contributed by atoms with Gasteiger partial charge in [-0.1, -0.05) is 19.9 Å². The van der Waals surface area contributed by atoms with Crippen molar-refractivity contribution < 1.29 is 4.79 Å². The summed E-state index contributed by atoms with van der Waals surface area (Å²) in [6.07, 6.45) is 6.01. The third-order valence-corrected chi connectivity index (χ3v) is 5.67. The quantitative estimate of drug-likeness (QED) is 0.784. The lowest BCUT2D eigenvalue weighted by Crippen LogP contribution is -2.50. The number of pyridine rings is 1. The van der Waals surface area contributed by atoms with Crippen LogP contribution < -0.4 is 4.90 Å². The smallest absolute Gasteiger partial charge is 0.222 e. The molecule has 3 heterocycles. The highest BCUT2D eigenvalue weighted by Crippen LogP contribution is 2.21. The molecule has 5 heteroatoms. The van der Waals surface area contributed by atoms with E-state index in [1.54, 1.807) is 0 Å². The molecule has 1 atom stereocenters. The molecule has 0 bridgehead atoms. The van der Waals surface area contributed by atoms with Crippen molar-refractivity contribution in [2.45, 2.75) is 39.5 Å². The molecule has 0 aliphatic carbocycles. The molecule has 0 spiro atoms. The molecule has 2 aliphatic heterocycles. The first-order valence-electron chi connectivity index (χ1n) is 10.3. The molecule has 0 unspecified atom stereocenters. The Kier molecular flexibility index (Phi) is 6.89. The highest BCUT2D eigenvalue weighted by molar-refractivity contribution is 5.76. The van der Waals surface area contributed by atoms with Gasteiger partial charge in [-0.25, -0.2) is 4.98 Å². The van der Waals surface area contributed by atoms with Gasteiger partial charge in [0, 0.05) is 58.4 Å². The third kappa shape index (κ3) is 5.44. The summed E-state index contributed by atoms with van der Waals surface area (Å²) in [5.41, 5.74) is 0. The summed E-state index contributed by atoms with van der Waals surface area (Å²) in [6, 6.07) is 6.12. The van der Waals surface area contributed by atoms with Crippen LogP contribution in [0.1, 0.15) is 39.5 Å². The number of rotatable bonds is 6. The van der Waals surface area contributed by atoms with Crippen molar-refractivity contribution in [2.75, 3.05) is 50.7 Å². The van der Waals surface area contributed by atoms with Crippen LogP contribution in [0.15, 0.2) is 24.4 Å². The molecule has 3 rings (SSSR count). The Morgan fingerprint density at radius 2 is 2.00 bits per heavy atom. The molecule has 2 saturated heterocycles. The SMILES string of the molecule is CC(C)CCC(=O)N1CCC[C@H](CN2CCN(c3ccccn3)CC2)C1. The van der Waals surface area contributed by atoms with Crippen molar-refractivity contribution in [1.29, 1.82) is 0 Å². The largest absolute Gasteiger partial charge is 0.354 e. The normalized spacial score (nSPS) is 22.0. The molecule has 0 N–H and O–H groups in total. The Bertz CT molecular complexity index is 554. The second kappa shape index (κ2) is 9.36. The fourth-order valence-electron chi connectivity index (χ4n) is 4.08. The van der Waals surface area contributed by atoms with E-state index in [4.69, 9.17) is 0 Å². The van der Waals surface area contributed by atoms with E-state index in [-0.39, 0.29) is 0 Å². The summed E-state index contributed by atoms with van der Waals surface area (Å²) in [5, 5.41) is 0. The number of amides is 1. The minimum Gasteiger partial charge on any atom is -0.354 e. The van der Waals surface area contributed by atoms with Gasteiger partial charge in [-0.05, 0) is 43.2 Å². The second-order valence-electron chi connectivity index (χ2n) is 8.26. The van der Waals surface area contributed by atoms with Crippen LogP contribution >= 0.6 is 0 Å². The molecule has 2 aliphatic rings. The van der Waals surface area contributed by atoms with Crippen LogP contribution in [-0.4, -0.2) is 66.5 Å². The molecule has 0 aromatic carbocycles. The summed E-state index contributed by atoms with van der Waals surface area (Å²) in [6.45, 7) is 11.7. The van der Waals surface area contributed by atoms with Crippen LogP contribution in [0.5, 0.6) is 0 Å². The Hall–Kier alpha value is -1.62. The summed E-state index contributed by atoms with van der Waals surface area (Å²) in [7, 11) is 0. The molecule has 2 fully saturated rings. The van der Waals surface area contributed by atoms with Crippen LogP contribution in [-0.2, 0) is 4.79 Å². The van der Waals surface area contributed by atoms with Gasteiger partial charge in [0.2, 0.25) is 5.91 Å². The van der Waals surface area contributed by atoms with Crippen molar-refractivity contribution in [3.05, 3.63) is 24.4 Å². The zero-order chi connectivity index (χ0) is 18.4. The average molecular weight is 359 g/mol. The Balaban J connectivity index is 1.42. The van der Waals surface area contributed by atoms with Gasteiger partial charge in [-0.3, -0.25) is 9.69 Å². The highest BCUT2D eigenvalue weighted by Gasteiger charge is 2.26. The lowest BCUT2D eigenvalue weighted by Gasteiger charge is -2.39. The monoisotopic (exact) mass is 358 g/mol. The van der Waals surface area contributed by atoms with Gasteiger partial charge in [0.25, 0.3) is 0 Å². The fourth-order valence-corrected chi connectivity index (χ4v) is 4.08. The number of anilines is 1. The third-order valence-electron chi connectivity index (χ3n) is 5.67. The van der Waals surface area contributed by atoms with Gasteiger partial charge < -0.3 is 9.80 Å². The van der Waals surface area contributed by atoms with E-state index in [1.165, 1.54) is 6.42 Å². The summed E-state index contributed by atoms with van der Waals surface area (Å²) in [5.74, 6) is 2.69. The summed E-state index contributed by atoms with van der Waals surface area (Å²) < 4.78 is 0. The molecular weight excluding hydrogens is 324 g/mol. The van der Waals surface area contributed by atoms with E-state index in [2.05, 4.69) is 45.7 Å². The Morgan fingerprint density at radius 3 is 2.69 bits per heavy atom. The molecule has 1 amide bonds. The number of hydrogen-bond acceptors (Lipinski definition) is 4. The minimum atomic E-state index is 0.364. The predicted octanol–water partition coefficient (Wildman–Crippen LogP) is 2.88. The maximum absolute atomic E-state index is 12.4. The first-order valence-corrected chi connectivity index (χ1v) is 10.3. The van der Waals surface area contributed by atoms with Gasteiger partial charge in [-0.2, -0.15) is 0 Å². The number of likely N-dealkylation sites (tertiary alicyclic amines) is 1. The topological polar surface area (TPSA) is 39.7 Å². The van der Waals surface area contributed by atoms with E-state index in [0.717, 1.165) is 64.5 Å². The average Bonchev–Trinajstić information content (AvgIpc) is 2.67. The Labute approximate surface area is 158 Å². The molecule has 0 radical (unpaired) electrons. The van der Waals surface area contributed by atoms with Crippen molar-refractivity contribution in [3.8, 4) is 0 Å². The highest BCUT2D eigenvalue weighted by atomic mass is 16.2. The summed E-state index contributed by atoms with van der Waals surface area (Å²) >= 11 is 0. The number of piperidine rings is 1. The van der Waals surface area contributed by atoms with E-state index >= 15 is 0 Å². The molecule has 144 valence electrons. The van der Waals surface area contributed by atoms with Crippen molar-refractivity contribution >= 4 is 11.7 Å². The lowest BCUT2D eigenvalue weighted by molar-refractivity contribution is -0.133. The number of carbonyl (C=O) groups excluding carboxylic acids is 1. The molecule has 5 nitrogen and oxygen atoms in total. The number of nitrogens with zero attached hydrogens (tertiary/aromatic N) is 4. The van der Waals surface area contributed by atoms with E-state index < -0.39 is 0 Å². The van der Waals surface area contributed by atoms with Gasteiger partial charge in [0.1, 0.15) is 5.82 Å². The predicted molar refractivity (Wildman–Crippen MR) is 106 cm³/mol. The molecule has 26 heavy (non-hydrogen) atoms. The van der Waals surface area contributed by atoms with Gasteiger partial charge in [-0.15, -0.1) is 0 Å². The molecular formula is C21H34N4O. The zero-order valence-corrected chi connectivity index (χ0v) is 16.4. The van der Waals surface area contributed by atoms with Crippen LogP contribution in [0.4, 0.5) is 5.82 Å². The lowest BCUT2D eigenvalue weighted by atomic mass is 9.96. The number of piperazine rings is 1. The molecule has 1 aromatic rings. The number of aromatic nitrogens is 1. The number of hydrogen-bond donors (Lipinski definition) is 0. The summed E-state index contributed by atoms with van der Waals surface area (Å²) in [4.78, 5) is 24.0. The van der Waals surface area contributed by atoms with Gasteiger partial charge >= 0.3 is 0 Å². The van der Waals surface area contributed by atoms with Crippen LogP contribution in [0.2, 0.25) is 0 Å². The van der Waals surface area contributed by atoms with Crippen LogP contribution in [0.3, 0.4) is 0 Å². The standard InChI is InChI=1S/C21H34N4O/c1-18(2)8-9-21(26)25-11-5-6-19(17-25)16-23-12-14-24(15-13-23)20-7-3-4-10-22-20/h3-4,7,10,18-19H,5-6,8-9,11-17H2,1-2H3/t19-/m1/s1. The van der Waals surface area contributed by atoms with Crippen molar-refractivity contribution in [3.63, 3.8) is 0 Å². The molecule has 0 saturated carbocycles. The number of carbonyl (C=O) groups is 1. The molecule has 1 aromatic heterocycles. The van der Waals surface area contributed by atoms with Crippen LogP contribution in [0, 0.1) is 11.8 Å². The first-order chi connectivity index (χ1) is 12.6. The minimum absolute atomic E-state index is 0.364. The van der Waals surface area contributed by atoms with E-state index in [9.17, 15) is 4.79 Å². The zero-order valence-electron chi connectivity index (χ0n) is 16.4. The maximum Gasteiger partial charge on any atom is 0.222 e. The van der Waals surface area contributed by atoms with Gasteiger partial charge in [0.15, 0.2) is 0 Å².